The molecule has 1 aliphatic rings. The topological polar surface area (TPSA) is 125 Å². The van der Waals surface area contributed by atoms with Crippen molar-refractivity contribution >= 4 is 32.5 Å². The van der Waals surface area contributed by atoms with Gasteiger partial charge in [-0.3, -0.25) is 9.78 Å². The number of sulfone groups is 1. The number of anilines is 1. The molecule has 0 radical (unpaired) electrons. The lowest BCUT2D eigenvalue weighted by Crippen LogP contribution is -2.48. The largest absolute Gasteiger partial charge is 0.392 e. The second-order valence-corrected chi connectivity index (χ2v) is 13.1. The maximum absolute atomic E-state index is 12.8. The summed E-state index contributed by atoms with van der Waals surface area (Å²) in [5.41, 5.74) is 3.46. The van der Waals surface area contributed by atoms with Gasteiger partial charge in [-0.05, 0) is 61.4 Å². The van der Waals surface area contributed by atoms with Gasteiger partial charge < -0.3 is 15.3 Å². The predicted octanol–water partition coefficient (Wildman–Crippen LogP) is 3.93. The second-order valence-electron chi connectivity index (χ2n) is 11.1. The Morgan fingerprint density at radius 2 is 1.88 bits per heavy atom. The zero-order chi connectivity index (χ0) is 28.7. The van der Waals surface area contributed by atoms with Crippen molar-refractivity contribution in [3.63, 3.8) is 0 Å². The maximum Gasteiger partial charge on any atom is 0.251 e. The molecule has 0 saturated carbocycles. The molecule has 10 heteroatoms. The van der Waals surface area contributed by atoms with Crippen molar-refractivity contribution in [3.05, 3.63) is 77.6 Å². The van der Waals surface area contributed by atoms with Crippen LogP contribution in [-0.4, -0.2) is 59.8 Å². The van der Waals surface area contributed by atoms with E-state index in [0.29, 0.717) is 24.2 Å². The van der Waals surface area contributed by atoms with Gasteiger partial charge in [-0.1, -0.05) is 26.0 Å². The highest BCUT2D eigenvalue weighted by Crippen LogP contribution is 2.32. The van der Waals surface area contributed by atoms with E-state index in [1.807, 2.05) is 36.4 Å². The molecule has 1 aromatic carbocycles. The van der Waals surface area contributed by atoms with Crippen LogP contribution in [0.4, 0.5) is 5.82 Å². The molecule has 0 aliphatic carbocycles. The molecular weight excluding hydrogens is 526 g/mol. The second kappa shape index (κ2) is 10.6. The summed E-state index contributed by atoms with van der Waals surface area (Å²) in [7, 11) is -3.44. The molecule has 1 fully saturated rings. The normalized spacial score (nSPS) is 17.1. The van der Waals surface area contributed by atoms with Gasteiger partial charge >= 0.3 is 0 Å². The third-order valence-corrected chi connectivity index (χ3v) is 8.64. The van der Waals surface area contributed by atoms with Gasteiger partial charge in [0.1, 0.15) is 5.82 Å². The number of amides is 1. The molecular formula is C30H33N5O4S. The highest BCUT2D eigenvalue weighted by Gasteiger charge is 2.35. The highest BCUT2D eigenvalue weighted by atomic mass is 32.2. The van der Waals surface area contributed by atoms with Gasteiger partial charge in [0, 0.05) is 41.9 Å². The van der Waals surface area contributed by atoms with Crippen LogP contribution >= 0.6 is 0 Å². The Kier molecular flexibility index (Phi) is 7.32. The minimum Gasteiger partial charge on any atom is -0.392 e. The van der Waals surface area contributed by atoms with Crippen LogP contribution in [-0.2, 0) is 16.4 Å². The van der Waals surface area contributed by atoms with E-state index in [9.17, 15) is 18.3 Å². The summed E-state index contributed by atoms with van der Waals surface area (Å²) in [5, 5.41) is 14.0. The van der Waals surface area contributed by atoms with Gasteiger partial charge in [0.05, 0.1) is 40.1 Å². The quantitative estimate of drug-likeness (QED) is 0.364. The van der Waals surface area contributed by atoms with Crippen LogP contribution in [0.25, 0.3) is 22.3 Å². The standard InChI is InChI=1S/C30H33N5O4S/c1-19-8-9-20(14-26(19)40(4,38)39)29(37)32-17-22-15-25-21(16-31-22)10-11-24(33-25)23-6-5-7-28(34-23)35-13-12-27(36)30(2,3)18-35/h5-11,14-16,27,36H,12-13,17-18H2,1-4H3,(H,32,37). The predicted molar refractivity (Wildman–Crippen MR) is 155 cm³/mol. The van der Waals surface area contributed by atoms with E-state index < -0.39 is 9.84 Å². The van der Waals surface area contributed by atoms with Crippen LogP contribution in [0.5, 0.6) is 0 Å². The van der Waals surface area contributed by atoms with Crippen molar-refractivity contribution in [2.75, 3.05) is 24.2 Å². The Balaban J connectivity index is 1.34. The van der Waals surface area contributed by atoms with Gasteiger partial charge in [-0.2, -0.15) is 0 Å². The highest BCUT2D eigenvalue weighted by molar-refractivity contribution is 7.90. The van der Waals surface area contributed by atoms with Crippen molar-refractivity contribution in [2.45, 2.75) is 44.7 Å². The van der Waals surface area contributed by atoms with E-state index in [1.54, 1.807) is 25.3 Å². The molecule has 1 aliphatic heterocycles. The number of hydrogen-bond acceptors (Lipinski definition) is 8. The SMILES string of the molecule is Cc1ccc(C(=O)NCc2cc3nc(-c4cccc(N5CCC(O)C(C)(C)C5)n4)ccc3cn2)cc1S(C)(=O)=O. The van der Waals surface area contributed by atoms with Gasteiger partial charge in [-0.15, -0.1) is 0 Å². The number of piperidine rings is 1. The first-order valence-electron chi connectivity index (χ1n) is 13.2. The first kappa shape index (κ1) is 27.7. The molecule has 2 N–H and O–H groups in total. The molecule has 9 nitrogen and oxygen atoms in total. The average molecular weight is 560 g/mol. The van der Waals surface area contributed by atoms with E-state index >= 15 is 0 Å². The van der Waals surface area contributed by atoms with Crippen molar-refractivity contribution in [2.24, 2.45) is 5.41 Å². The fourth-order valence-electron chi connectivity index (χ4n) is 4.99. The minimum absolute atomic E-state index is 0.139. The molecule has 208 valence electrons. The molecule has 1 atom stereocenters. The lowest BCUT2D eigenvalue weighted by molar-refractivity contribution is 0.0334. The third-order valence-electron chi connectivity index (χ3n) is 7.40. The van der Waals surface area contributed by atoms with Crippen LogP contribution in [0.2, 0.25) is 0 Å². The Hall–Kier alpha value is -3.89. The first-order chi connectivity index (χ1) is 18.9. The lowest BCUT2D eigenvalue weighted by Gasteiger charge is -2.42. The minimum atomic E-state index is -3.44. The third kappa shape index (κ3) is 5.83. The number of benzene rings is 1. The van der Waals surface area contributed by atoms with E-state index in [4.69, 9.17) is 9.97 Å². The number of aliphatic hydroxyl groups excluding tert-OH is 1. The molecule has 4 heterocycles. The summed E-state index contributed by atoms with van der Waals surface area (Å²) in [5.74, 6) is 0.468. The molecule has 0 bridgehead atoms. The molecule has 1 saturated heterocycles. The number of fused-ring (bicyclic) bond motifs is 1. The molecule has 1 unspecified atom stereocenters. The molecule has 3 aromatic heterocycles. The fourth-order valence-corrected chi connectivity index (χ4v) is 5.99. The zero-order valence-electron chi connectivity index (χ0n) is 23.0. The molecule has 0 spiro atoms. The van der Waals surface area contributed by atoms with Crippen molar-refractivity contribution < 1.29 is 18.3 Å². The average Bonchev–Trinajstić information content (AvgIpc) is 2.92. The van der Waals surface area contributed by atoms with Crippen LogP contribution in [0, 0.1) is 12.3 Å². The molecule has 5 rings (SSSR count). The fraction of sp³-hybridized carbons (Fsp3) is 0.333. The zero-order valence-corrected chi connectivity index (χ0v) is 23.9. The Morgan fingerprint density at radius 3 is 2.62 bits per heavy atom. The number of carbonyl (C=O) groups is 1. The number of nitrogens with one attached hydrogen (secondary N) is 1. The maximum atomic E-state index is 12.8. The number of rotatable bonds is 6. The van der Waals surface area contributed by atoms with Gasteiger partial charge in [0.25, 0.3) is 5.91 Å². The van der Waals surface area contributed by atoms with Crippen LogP contribution < -0.4 is 10.2 Å². The number of aromatic nitrogens is 3. The van der Waals surface area contributed by atoms with Crippen LogP contribution in [0.3, 0.4) is 0 Å². The van der Waals surface area contributed by atoms with Gasteiger partial charge in [0.15, 0.2) is 9.84 Å². The molecule has 4 aromatic rings. The van der Waals surface area contributed by atoms with Crippen molar-refractivity contribution in [1.82, 2.24) is 20.3 Å². The number of aliphatic hydroxyl groups is 1. The summed E-state index contributed by atoms with van der Waals surface area (Å²) in [6.07, 6.45) is 3.21. The number of pyridine rings is 3. The van der Waals surface area contributed by atoms with E-state index in [2.05, 4.69) is 29.0 Å². The Bertz CT molecular complexity index is 1700. The number of carbonyl (C=O) groups excluding carboxylic acids is 1. The summed E-state index contributed by atoms with van der Waals surface area (Å²) in [4.78, 5) is 29.2. The monoisotopic (exact) mass is 559 g/mol. The van der Waals surface area contributed by atoms with E-state index in [0.717, 1.165) is 40.9 Å². The number of aryl methyl sites for hydroxylation is 1. The Labute approximate surface area is 234 Å². The first-order valence-corrected chi connectivity index (χ1v) is 15.0. The summed E-state index contributed by atoms with van der Waals surface area (Å²) in [6, 6.07) is 16.2. The summed E-state index contributed by atoms with van der Waals surface area (Å²) >= 11 is 0. The molecule has 40 heavy (non-hydrogen) atoms. The smallest absolute Gasteiger partial charge is 0.251 e. The lowest BCUT2D eigenvalue weighted by atomic mass is 9.81. The Morgan fingerprint density at radius 1 is 1.10 bits per heavy atom. The van der Waals surface area contributed by atoms with Crippen molar-refractivity contribution in [3.8, 4) is 11.4 Å². The van der Waals surface area contributed by atoms with Crippen LogP contribution in [0.15, 0.2) is 65.7 Å². The van der Waals surface area contributed by atoms with E-state index in [-0.39, 0.29) is 34.4 Å². The summed E-state index contributed by atoms with van der Waals surface area (Å²) < 4.78 is 24.1. The number of hydrogen-bond donors (Lipinski definition) is 2. The van der Waals surface area contributed by atoms with Gasteiger partial charge in [-0.25, -0.2) is 18.4 Å². The summed E-state index contributed by atoms with van der Waals surface area (Å²) in [6.45, 7) is 7.46. The number of nitrogens with zero attached hydrogens (tertiary/aromatic N) is 4. The van der Waals surface area contributed by atoms with Crippen LogP contribution in [0.1, 0.15) is 41.9 Å². The van der Waals surface area contributed by atoms with Crippen molar-refractivity contribution in [1.29, 1.82) is 0 Å². The van der Waals surface area contributed by atoms with E-state index in [1.165, 1.54) is 6.07 Å². The van der Waals surface area contributed by atoms with Gasteiger partial charge in [0.2, 0.25) is 0 Å². The molecule has 1 amide bonds.